The van der Waals surface area contributed by atoms with E-state index in [-0.39, 0.29) is 12.3 Å². The molecule has 170 valence electrons. The lowest BCUT2D eigenvalue weighted by molar-refractivity contribution is 0.146. The maximum Gasteiger partial charge on any atom is 0.213 e. The zero-order valence-electron chi connectivity index (χ0n) is 18.4. The second-order valence-electron chi connectivity index (χ2n) is 7.54. The number of nitrogens with zero attached hydrogens (tertiary/aromatic N) is 1. The second-order valence-corrected chi connectivity index (χ2v) is 9.47. The molecule has 0 saturated heterocycles. The van der Waals surface area contributed by atoms with E-state index in [9.17, 15) is 8.42 Å². The van der Waals surface area contributed by atoms with Crippen LogP contribution in [-0.2, 0) is 21.3 Å². The summed E-state index contributed by atoms with van der Waals surface area (Å²) in [5, 5.41) is 6.26. The molecule has 0 aliphatic heterocycles. The summed E-state index contributed by atoms with van der Waals surface area (Å²) < 4.78 is 37.9. The third-order valence-corrected chi connectivity index (χ3v) is 6.35. The number of benzene rings is 1. The van der Waals surface area contributed by atoms with E-state index in [4.69, 9.17) is 9.47 Å². The molecule has 1 aromatic carbocycles. The molecular weight excluding hydrogens is 404 g/mol. The van der Waals surface area contributed by atoms with Gasteiger partial charge in [-0.2, -0.15) is 0 Å². The number of hydrogen-bond donors (Lipinski definition) is 3. The molecule has 1 saturated carbocycles. The number of nitrogens with one attached hydrogen (secondary N) is 3. The first kappa shape index (κ1) is 24.4. The van der Waals surface area contributed by atoms with Crippen LogP contribution < -0.4 is 20.1 Å². The molecule has 0 radical (unpaired) electrons. The Labute approximate surface area is 180 Å². The summed E-state index contributed by atoms with van der Waals surface area (Å²) in [6, 6.07) is 6.01. The third kappa shape index (κ3) is 8.89. The second kappa shape index (κ2) is 12.8. The van der Waals surface area contributed by atoms with E-state index in [1.54, 1.807) is 7.11 Å². The van der Waals surface area contributed by atoms with Crippen molar-refractivity contribution in [2.75, 3.05) is 45.7 Å². The predicted octanol–water partition coefficient (Wildman–Crippen LogP) is 1.79. The van der Waals surface area contributed by atoms with E-state index >= 15 is 0 Å². The minimum absolute atomic E-state index is 0.0139. The van der Waals surface area contributed by atoms with E-state index in [0.29, 0.717) is 44.7 Å². The van der Waals surface area contributed by atoms with Crippen LogP contribution in [0.25, 0.3) is 0 Å². The van der Waals surface area contributed by atoms with Crippen LogP contribution >= 0.6 is 0 Å². The van der Waals surface area contributed by atoms with E-state index in [0.717, 1.165) is 29.7 Å². The first-order valence-corrected chi connectivity index (χ1v) is 12.3. The van der Waals surface area contributed by atoms with Crippen LogP contribution in [0.15, 0.2) is 23.2 Å². The number of rotatable bonds is 13. The number of aliphatic imine (C=N–C) groups is 1. The molecule has 2 rings (SSSR count). The Morgan fingerprint density at radius 3 is 2.70 bits per heavy atom. The Morgan fingerprint density at radius 1 is 1.23 bits per heavy atom. The Bertz CT molecular complexity index is 779. The molecule has 0 unspecified atom stereocenters. The maximum absolute atomic E-state index is 12.2. The molecule has 30 heavy (non-hydrogen) atoms. The highest BCUT2D eigenvalue weighted by Crippen LogP contribution is 2.25. The molecular formula is C21H36N4O4S. The van der Waals surface area contributed by atoms with E-state index in [2.05, 4.69) is 20.3 Å². The molecule has 0 spiro atoms. The van der Waals surface area contributed by atoms with Crippen molar-refractivity contribution >= 4 is 16.0 Å². The molecule has 1 aliphatic rings. The highest BCUT2D eigenvalue weighted by Gasteiger charge is 2.20. The van der Waals surface area contributed by atoms with E-state index in [1.165, 1.54) is 6.42 Å². The summed E-state index contributed by atoms with van der Waals surface area (Å²) in [5.74, 6) is 1.88. The minimum atomic E-state index is -3.28. The van der Waals surface area contributed by atoms with Gasteiger partial charge in [0.25, 0.3) is 0 Å². The zero-order chi connectivity index (χ0) is 21.8. The van der Waals surface area contributed by atoms with Crippen molar-refractivity contribution < 1.29 is 17.9 Å². The van der Waals surface area contributed by atoms with Crippen molar-refractivity contribution in [3.63, 3.8) is 0 Å². The van der Waals surface area contributed by atoms with Gasteiger partial charge in [0.05, 0.1) is 18.9 Å². The van der Waals surface area contributed by atoms with Gasteiger partial charge in [0.1, 0.15) is 12.4 Å². The van der Waals surface area contributed by atoms with Gasteiger partial charge in [0, 0.05) is 32.3 Å². The number of aryl methyl sites for hydroxylation is 1. The lowest BCUT2D eigenvalue weighted by atomic mass is 9.86. The van der Waals surface area contributed by atoms with Gasteiger partial charge in [-0.25, -0.2) is 18.1 Å². The lowest BCUT2D eigenvalue weighted by Crippen LogP contribution is -2.42. The average Bonchev–Trinajstić information content (AvgIpc) is 2.66. The number of hydrogen-bond acceptors (Lipinski definition) is 5. The monoisotopic (exact) mass is 440 g/mol. The molecule has 8 nitrogen and oxygen atoms in total. The summed E-state index contributed by atoms with van der Waals surface area (Å²) in [7, 11) is -1.64. The fraction of sp³-hybridized carbons (Fsp3) is 0.667. The topological polar surface area (TPSA) is 101 Å². The first-order chi connectivity index (χ1) is 14.4. The van der Waals surface area contributed by atoms with Crippen LogP contribution in [0.3, 0.4) is 0 Å². The van der Waals surface area contributed by atoms with Gasteiger partial charge in [0.2, 0.25) is 10.0 Å². The highest BCUT2D eigenvalue weighted by molar-refractivity contribution is 7.89. The summed E-state index contributed by atoms with van der Waals surface area (Å²) in [6.45, 7) is 6.92. The maximum atomic E-state index is 12.2. The predicted molar refractivity (Wildman–Crippen MR) is 120 cm³/mol. The van der Waals surface area contributed by atoms with Gasteiger partial charge < -0.3 is 20.1 Å². The van der Waals surface area contributed by atoms with Gasteiger partial charge in [0.15, 0.2) is 5.96 Å². The smallest absolute Gasteiger partial charge is 0.213 e. The fourth-order valence-electron chi connectivity index (χ4n) is 2.99. The molecule has 0 aromatic heterocycles. The van der Waals surface area contributed by atoms with Gasteiger partial charge in [-0.15, -0.1) is 0 Å². The molecule has 3 N–H and O–H groups in total. The normalized spacial score (nSPS) is 15.0. The average molecular weight is 441 g/mol. The van der Waals surface area contributed by atoms with Crippen molar-refractivity contribution in [1.29, 1.82) is 0 Å². The molecule has 1 aliphatic carbocycles. The van der Waals surface area contributed by atoms with Crippen LogP contribution in [0.5, 0.6) is 5.75 Å². The number of sulfonamides is 1. The SMILES string of the molecule is CCNC(=NCc1ccc(C)cc1OCCOC)NCCS(=O)(=O)NCC1CCC1. The standard InChI is InChI=1S/C21H36N4O4S/c1-4-22-21(23-10-13-30(26,27)25-15-18-6-5-7-18)24-16-19-9-8-17(2)14-20(19)29-12-11-28-3/h8-9,14,18,25H,4-7,10-13,15-16H2,1-3H3,(H2,22,23,24). The molecule has 0 atom stereocenters. The van der Waals surface area contributed by atoms with Crippen LogP contribution in [0.2, 0.25) is 0 Å². The molecule has 0 amide bonds. The largest absolute Gasteiger partial charge is 0.491 e. The third-order valence-electron chi connectivity index (χ3n) is 5.00. The summed E-state index contributed by atoms with van der Waals surface area (Å²) in [4.78, 5) is 4.59. The van der Waals surface area contributed by atoms with Crippen molar-refractivity contribution in [1.82, 2.24) is 15.4 Å². The van der Waals surface area contributed by atoms with Crippen molar-refractivity contribution in [2.24, 2.45) is 10.9 Å². The zero-order valence-corrected chi connectivity index (χ0v) is 19.2. The number of ether oxygens (including phenoxy) is 2. The van der Waals surface area contributed by atoms with Gasteiger partial charge >= 0.3 is 0 Å². The summed E-state index contributed by atoms with van der Waals surface area (Å²) >= 11 is 0. The summed E-state index contributed by atoms with van der Waals surface area (Å²) in [5.41, 5.74) is 2.07. The number of methoxy groups -OCH3 is 1. The number of guanidine groups is 1. The van der Waals surface area contributed by atoms with Crippen LogP contribution in [0.4, 0.5) is 0 Å². The Kier molecular flexibility index (Phi) is 10.4. The lowest BCUT2D eigenvalue weighted by Gasteiger charge is -2.25. The van der Waals surface area contributed by atoms with Gasteiger partial charge in [-0.05, 0) is 44.2 Å². The Morgan fingerprint density at radius 2 is 2.03 bits per heavy atom. The van der Waals surface area contributed by atoms with Crippen LogP contribution in [0, 0.1) is 12.8 Å². The molecule has 0 heterocycles. The molecule has 9 heteroatoms. The molecule has 0 bridgehead atoms. The van der Waals surface area contributed by atoms with Crippen molar-refractivity contribution in [3.8, 4) is 5.75 Å². The van der Waals surface area contributed by atoms with E-state index in [1.807, 2.05) is 32.0 Å². The quantitative estimate of drug-likeness (QED) is 0.246. The highest BCUT2D eigenvalue weighted by atomic mass is 32.2. The Hall–Kier alpha value is -1.84. The van der Waals surface area contributed by atoms with Crippen LogP contribution in [-0.4, -0.2) is 60.1 Å². The van der Waals surface area contributed by atoms with Gasteiger partial charge in [-0.3, -0.25) is 0 Å². The first-order valence-electron chi connectivity index (χ1n) is 10.6. The molecule has 1 aromatic rings. The van der Waals surface area contributed by atoms with Crippen molar-refractivity contribution in [3.05, 3.63) is 29.3 Å². The minimum Gasteiger partial charge on any atom is -0.491 e. The van der Waals surface area contributed by atoms with E-state index < -0.39 is 10.0 Å². The Balaban J connectivity index is 1.88. The van der Waals surface area contributed by atoms with Crippen molar-refractivity contribution in [2.45, 2.75) is 39.7 Å². The van der Waals surface area contributed by atoms with Gasteiger partial charge in [-0.1, -0.05) is 18.6 Å². The fourth-order valence-corrected chi connectivity index (χ4v) is 3.99. The molecule has 1 fully saturated rings. The van der Waals surface area contributed by atoms with Crippen LogP contribution in [0.1, 0.15) is 37.3 Å². The summed E-state index contributed by atoms with van der Waals surface area (Å²) in [6.07, 6.45) is 3.44.